The average Bonchev–Trinajstić information content (AvgIpc) is 2.58. The van der Waals surface area contributed by atoms with Gasteiger partial charge in [-0.2, -0.15) is 0 Å². The maximum absolute atomic E-state index is 11.2. The van der Waals surface area contributed by atoms with Gasteiger partial charge in [0.05, 0.1) is 10.7 Å². The van der Waals surface area contributed by atoms with Crippen molar-refractivity contribution in [1.29, 1.82) is 0 Å². The van der Waals surface area contributed by atoms with Gasteiger partial charge in [0.1, 0.15) is 0 Å². The quantitative estimate of drug-likeness (QED) is 0.908. The van der Waals surface area contributed by atoms with Crippen molar-refractivity contribution in [2.24, 2.45) is 0 Å². The highest BCUT2D eigenvalue weighted by molar-refractivity contribution is 7.84. The van der Waals surface area contributed by atoms with E-state index in [1.165, 1.54) is 9.88 Å². The molecule has 0 aliphatic carbocycles. The number of nitrogens with one attached hydrogen (secondary N) is 1. The Hall–Kier alpha value is -0.260. The van der Waals surface area contributed by atoms with E-state index < -0.39 is 10.8 Å². The lowest BCUT2D eigenvalue weighted by Crippen LogP contribution is -2.33. The lowest BCUT2D eigenvalue weighted by atomic mass is 9.98. The van der Waals surface area contributed by atoms with Crippen molar-refractivity contribution in [1.82, 2.24) is 10.3 Å². The van der Waals surface area contributed by atoms with E-state index in [0.29, 0.717) is 5.75 Å². The van der Waals surface area contributed by atoms with Gasteiger partial charge in [0.2, 0.25) is 0 Å². The molecule has 0 aromatic carbocycles. The van der Waals surface area contributed by atoms with Crippen molar-refractivity contribution < 1.29 is 4.21 Å². The summed E-state index contributed by atoms with van der Waals surface area (Å²) >= 11 is 1.79. The molecule has 3 atom stereocenters. The number of rotatable bonds is 5. The highest BCUT2D eigenvalue weighted by Gasteiger charge is 2.23. The lowest BCUT2D eigenvalue weighted by Gasteiger charge is -2.18. The third-order valence-corrected chi connectivity index (χ3v) is 5.62. The standard InChI is InChI=1S/C14H26N2OS2/c1-9(8-19(7)17)15-10(2)12-11(3)16-13(18-12)14(4,5)6/h9-10,15H,8H2,1-7H3. The highest BCUT2D eigenvalue weighted by Crippen LogP contribution is 2.32. The Morgan fingerprint density at radius 1 is 1.37 bits per heavy atom. The van der Waals surface area contributed by atoms with Crippen molar-refractivity contribution in [2.45, 2.75) is 59.0 Å². The molecule has 0 aliphatic rings. The van der Waals surface area contributed by atoms with Crippen LogP contribution in [-0.2, 0) is 16.2 Å². The second kappa shape index (κ2) is 6.46. The van der Waals surface area contributed by atoms with Crippen LogP contribution in [0.4, 0.5) is 0 Å². The predicted octanol–water partition coefficient (Wildman–Crippen LogP) is 3.17. The molecule has 1 aromatic heterocycles. The zero-order chi connectivity index (χ0) is 14.8. The fraction of sp³-hybridized carbons (Fsp3) is 0.786. The first-order valence-electron chi connectivity index (χ1n) is 6.65. The molecule has 1 rings (SSSR count). The minimum absolute atomic E-state index is 0.101. The molecule has 3 unspecified atom stereocenters. The minimum atomic E-state index is -0.757. The molecule has 0 amide bonds. The molecule has 19 heavy (non-hydrogen) atoms. The van der Waals surface area contributed by atoms with Gasteiger partial charge >= 0.3 is 0 Å². The van der Waals surface area contributed by atoms with Crippen LogP contribution in [0.25, 0.3) is 0 Å². The van der Waals surface area contributed by atoms with Gasteiger partial charge < -0.3 is 5.32 Å². The number of thiazole rings is 1. The van der Waals surface area contributed by atoms with Gasteiger partial charge in [0.15, 0.2) is 0 Å². The van der Waals surface area contributed by atoms with Gasteiger partial charge in [0, 0.05) is 45.2 Å². The molecule has 1 N–H and O–H groups in total. The first kappa shape index (κ1) is 16.8. The van der Waals surface area contributed by atoms with Gasteiger partial charge in [-0.25, -0.2) is 4.98 Å². The predicted molar refractivity (Wildman–Crippen MR) is 85.5 cm³/mol. The van der Waals surface area contributed by atoms with Crippen LogP contribution in [0.3, 0.4) is 0 Å². The summed E-state index contributed by atoms with van der Waals surface area (Å²) in [6, 6.07) is 0.507. The van der Waals surface area contributed by atoms with Crippen LogP contribution in [0.5, 0.6) is 0 Å². The van der Waals surface area contributed by atoms with E-state index in [4.69, 9.17) is 0 Å². The van der Waals surface area contributed by atoms with Crippen LogP contribution in [0.2, 0.25) is 0 Å². The molecule has 5 heteroatoms. The number of hydrogen-bond donors (Lipinski definition) is 1. The van der Waals surface area contributed by atoms with E-state index in [0.717, 1.165) is 5.69 Å². The van der Waals surface area contributed by atoms with Crippen LogP contribution in [0, 0.1) is 6.92 Å². The summed E-state index contributed by atoms with van der Waals surface area (Å²) in [4.78, 5) is 5.98. The van der Waals surface area contributed by atoms with E-state index in [9.17, 15) is 4.21 Å². The molecular weight excluding hydrogens is 276 g/mol. The maximum Gasteiger partial charge on any atom is 0.0985 e. The zero-order valence-corrected chi connectivity index (χ0v) is 14.7. The molecule has 1 aromatic rings. The molecular formula is C14H26N2OS2. The summed E-state index contributed by atoms with van der Waals surface area (Å²) in [5.74, 6) is 0.689. The van der Waals surface area contributed by atoms with Crippen molar-refractivity contribution in [3.05, 3.63) is 15.6 Å². The Morgan fingerprint density at radius 3 is 2.37 bits per heavy atom. The van der Waals surface area contributed by atoms with Crippen molar-refractivity contribution in [3.63, 3.8) is 0 Å². The fourth-order valence-corrected chi connectivity index (χ4v) is 3.97. The van der Waals surface area contributed by atoms with Crippen LogP contribution in [0.1, 0.15) is 56.2 Å². The number of aryl methyl sites for hydroxylation is 1. The third kappa shape index (κ3) is 4.97. The smallest absolute Gasteiger partial charge is 0.0985 e. The monoisotopic (exact) mass is 302 g/mol. The molecule has 0 saturated carbocycles. The van der Waals surface area contributed by atoms with Crippen LogP contribution in [-0.4, -0.2) is 27.2 Å². The molecule has 110 valence electrons. The second-order valence-electron chi connectivity index (χ2n) is 6.25. The minimum Gasteiger partial charge on any atom is -0.306 e. The normalized spacial score (nSPS) is 17.2. The summed E-state index contributed by atoms with van der Waals surface area (Å²) in [6.45, 7) is 12.9. The first-order chi connectivity index (χ1) is 8.61. The van der Waals surface area contributed by atoms with E-state index in [1.54, 1.807) is 17.6 Å². The largest absolute Gasteiger partial charge is 0.306 e. The second-order valence-corrected chi connectivity index (χ2v) is 8.76. The third-order valence-electron chi connectivity index (χ3n) is 2.89. The molecule has 0 fully saturated rings. The van der Waals surface area contributed by atoms with Gasteiger partial charge in [-0.1, -0.05) is 20.8 Å². The van der Waals surface area contributed by atoms with Gasteiger partial charge in [-0.05, 0) is 20.8 Å². The molecule has 0 bridgehead atoms. The molecule has 0 aliphatic heterocycles. The van der Waals surface area contributed by atoms with Gasteiger partial charge in [-0.3, -0.25) is 4.21 Å². The van der Waals surface area contributed by atoms with Crippen LogP contribution < -0.4 is 5.32 Å². The topological polar surface area (TPSA) is 42.0 Å². The Bertz CT molecular complexity index is 449. The summed E-state index contributed by atoms with van der Waals surface area (Å²) < 4.78 is 11.2. The van der Waals surface area contributed by atoms with Crippen molar-refractivity contribution >= 4 is 22.1 Å². The average molecular weight is 303 g/mol. The molecule has 0 radical (unpaired) electrons. The van der Waals surface area contributed by atoms with E-state index in [1.807, 2.05) is 0 Å². The van der Waals surface area contributed by atoms with E-state index in [2.05, 4.69) is 51.8 Å². The summed E-state index contributed by atoms with van der Waals surface area (Å²) in [7, 11) is -0.757. The zero-order valence-electron chi connectivity index (χ0n) is 13.0. The van der Waals surface area contributed by atoms with E-state index >= 15 is 0 Å². The van der Waals surface area contributed by atoms with E-state index in [-0.39, 0.29) is 17.5 Å². The number of hydrogen-bond acceptors (Lipinski definition) is 4. The molecule has 0 spiro atoms. The van der Waals surface area contributed by atoms with Gasteiger partial charge in [-0.15, -0.1) is 11.3 Å². The van der Waals surface area contributed by atoms with Crippen molar-refractivity contribution in [3.8, 4) is 0 Å². The SMILES string of the molecule is Cc1nc(C(C)(C)C)sc1C(C)NC(C)CS(C)=O. The Balaban J connectivity index is 2.80. The fourth-order valence-electron chi connectivity index (χ4n) is 2.03. The van der Waals surface area contributed by atoms with Crippen LogP contribution in [0.15, 0.2) is 0 Å². The Morgan fingerprint density at radius 2 is 1.95 bits per heavy atom. The lowest BCUT2D eigenvalue weighted by molar-refractivity contribution is 0.511. The highest BCUT2D eigenvalue weighted by atomic mass is 32.2. The van der Waals surface area contributed by atoms with Crippen LogP contribution >= 0.6 is 11.3 Å². The van der Waals surface area contributed by atoms with Gasteiger partial charge in [0.25, 0.3) is 0 Å². The Labute approximate surface area is 123 Å². The molecule has 0 saturated heterocycles. The Kier molecular flexibility index (Phi) is 5.71. The summed E-state index contributed by atoms with van der Waals surface area (Å²) in [5, 5.41) is 4.69. The summed E-state index contributed by atoms with van der Waals surface area (Å²) in [5.41, 5.74) is 1.21. The first-order valence-corrected chi connectivity index (χ1v) is 9.19. The number of aromatic nitrogens is 1. The molecule has 3 nitrogen and oxygen atoms in total. The molecule has 1 heterocycles. The summed E-state index contributed by atoms with van der Waals surface area (Å²) in [6.07, 6.45) is 1.75. The maximum atomic E-state index is 11.2. The van der Waals surface area contributed by atoms with Crippen molar-refractivity contribution in [2.75, 3.05) is 12.0 Å². The number of nitrogens with zero attached hydrogens (tertiary/aromatic N) is 1.